The minimum atomic E-state index is -3.25. The monoisotopic (exact) mass is 208 g/mol. The lowest BCUT2D eigenvalue weighted by Gasteiger charge is -2.16. The third-order valence-corrected chi connectivity index (χ3v) is 3.83. The van der Waals surface area contributed by atoms with Crippen molar-refractivity contribution in [3.05, 3.63) is 0 Å². The van der Waals surface area contributed by atoms with Gasteiger partial charge in [0, 0.05) is 13.1 Å². The van der Waals surface area contributed by atoms with E-state index in [-0.39, 0.29) is 12.3 Å². The average molecular weight is 208 g/mol. The first-order chi connectivity index (χ1) is 5.93. The number of sulfonamides is 1. The van der Waals surface area contributed by atoms with Crippen LogP contribution in [0.2, 0.25) is 0 Å². The van der Waals surface area contributed by atoms with E-state index >= 15 is 0 Å². The van der Waals surface area contributed by atoms with E-state index < -0.39 is 22.0 Å². The van der Waals surface area contributed by atoms with Crippen molar-refractivity contribution in [2.75, 3.05) is 18.8 Å². The van der Waals surface area contributed by atoms with Crippen molar-refractivity contribution in [3.8, 4) is 0 Å². The topological polar surface area (TPSA) is 101 Å². The number of carbonyl (C=O) groups is 1. The summed E-state index contributed by atoms with van der Waals surface area (Å²) < 4.78 is 23.5. The van der Waals surface area contributed by atoms with E-state index in [4.69, 9.17) is 10.8 Å². The average Bonchev–Trinajstić information content (AvgIpc) is 2.30. The fourth-order valence-electron chi connectivity index (χ4n) is 1.18. The first-order valence-corrected chi connectivity index (χ1v) is 5.49. The van der Waals surface area contributed by atoms with E-state index in [2.05, 4.69) is 0 Å². The van der Waals surface area contributed by atoms with Gasteiger partial charge in [-0.25, -0.2) is 8.42 Å². The lowest BCUT2D eigenvalue weighted by atomic mass is 10.3. The van der Waals surface area contributed by atoms with Crippen LogP contribution in [0, 0.1) is 0 Å². The van der Waals surface area contributed by atoms with Crippen LogP contribution in [0.5, 0.6) is 0 Å². The van der Waals surface area contributed by atoms with Crippen LogP contribution in [0.15, 0.2) is 0 Å². The van der Waals surface area contributed by atoms with E-state index in [9.17, 15) is 13.2 Å². The molecule has 6 nitrogen and oxygen atoms in total. The highest BCUT2D eigenvalue weighted by atomic mass is 32.2. The molecule has 76 valence electrons. The van der Waals surface area contributed by atoms with Gasteiger partial charge in [-0.1, -0.05) is 0 Å². The van der Waals surface area contributed by atoms with Crippen LogP contribution in [0.1, 0.15) is 6.42 Å². The molecule has 1 aliphatic rings. The molecule has 3 N–H and O–H groups in total. The maximum Gasteiger partial charge on any atom is 0.247 e. The number of nitrogens with zero attached hydrogens (tertiary/aromatic N) is 1. The number of β-amino-alcohol motifs (C(OH)–C–C–N with tert-alkyl or cyclic N) is 1. The third kappa shape index (κ3) is 2.39. The van der Waals surface area contributed by atoms with Crippen molar-refractivity contribution in [3.63, 3.8) is 0 Å². The van der Waals surface area contributed by atoms with Crippen LogP contribution >= 0.6 is 0 Å². The van der Waals surface area contributed by atoms with Crippen molar-refractivity contribution in [2.45, 2.75) is 12.5 Å². The van der Waals surface area contributed by atoms with Crippen LogP contribution < -0.4 is 5.73 Å². The molecule has 1 unspecified atom stereocenters. The Kier molecular flexibility index (Phi) is 2.89. The molecule has 0 saturated carbocycles. The zero-order valence-corrected chi connectivity index (χ0v) is 7.83. The third-order valence-electron chi connectivity index (χ3n) is 1.91. The van der Waals surface area contributed by atoms with Gasteiger partial charge in [-0.3, -0.25) is 4.79 Å². The van der Waals surface area contributed by atoms with E-state index in [1.165, 1.54) is 0 Å². The van der Waals surface area contributed by atoms with Gasteiger partial charge in [0.25, 0.3) is 0 Å². The van der Waals surface area contributed by atoms with Crippen molar-refractivity contribution >= 4 is 15.9 Å². The molecule has 0 bridgehead atoms. The Morgan fingerprint density at radius 2 is 2.23 bits per heavy atom. The molecule has 1 aliphatic heterocycles. The summed E-state index contributed by atoms with van der Waals surface area (Å²) in [5, 5.41) is 9.04. The molecule has 0 aliphatic carbocycles. The van der Waals surface area contributed by atoms with Crippen molar-refractivity contribution in [1.82, 2.24) is 4.31 Å². The highest BCUT2D eigenvalue weighted by Gasteiger charge is 2.30. The number of aliphatic hydroxyl groups excluding tert-OH is 1. The number of carbonyl (C=O) groups excluding carboxylic acids is 1. The number of aliphatic hydroxyl groups is 1. The summed E-state index contributed by atoms with van der Waals surface area (Å²) in [5.41, 5.74) is 4.79. The fraction of sp³-hybridized carbons (Fsp3) is 0.833. The van der Waals surface area contributed by atoms with Gasteiger partial charge in [0.05, 0.1) is 5.75 Å². The van der Waals surface area contributed by atoms with Crippen molar-refractivity contribution < 1.29 is 18.3 Å². The second-order valence-electron chi connectivity index (χ2n) is 2.95. The predicted octanol–water partition coefficient (Wildman–Crippen LogP) is -2.13. The van der Waals surface area contributed by atoms with Gasteiger partial charge in [0.1, 0.15) is 6.10 Å². The van der Waals surface area contributed by atoms with E-state index in [0.717, 1.165) is 4.31 Å². The SMILES string of the molecule is NC(=O)C(O)CN1CCCS1(=O)=O. The van der Waals surface area contributed by atoms with Crippen molar-refractivity contribution in [1.29, 1.82) is 0 Å². The zero-order chi connectivity index (χ0) is 10.1. The maximum atomic E-state index is 11.2. The minimum absolute atomic E-state index is 0.0818. The van der Waals surface area contributed by atoms with E-state index in [0.29, 0.717) is 13.0 Å². The summed E-state index contributed by atoms with van der Waals surface area (Å²) in [7, 11) is -3.25. The largest absolute Gasteiger partial charge is 0.382 e. The van der Waals surface area contributed by atoms with Crippen LogP contribution in [0.3, 0.4) is 0 Å². The molecule has 1 atom stereocenters. The molecular weight excluding hydrogens is 196 g/mol. The zero-order valence-electron chi connectivity index (χ0n) is 7.01. The Labute approximate surface area is 76.4 Å². The number of hydrogen-bond donors (Lipinski definition) is 2. The Hall–Kier alpha value is -0.660. The van der Waals surface area contributed by atoms with Gasteiger partial charge in [0.15, 0.2) is 0 Å². The number of nitrogens with two attached hydrogens (primary N) is 1. The number of rotatable bonds is 3. The number of primary amides is 1. The molecule has 1 rings (SSSR count). The second-order valence-corrected chi connectivity index (χ2v) is 5.03. The predicted molar refractivity (Wildman–Crippen MR) is 45.2 cm³/mol. The van der Waals surface area contributed by atoms with Crippen LogP contribution in [-0.2, 0) is 14.8 Å². The molecule has 0 spiro atoms. The summed E-state index contributed by atoms with van der Waals surface area (Å²) in [6.07, 6.45) is -0.874. The van der Waals surface area contributed by atoms with Crippen LogP contribution in [0.4, 0.5) is 0 Å². The van der Waals surface area contributed by atoms with Gasteiger partial charge >= 0.3 is 0 Å². The van der Waals surface area contributed by atoms with Crippen molar-refractivity contribution in [2.24, 2.45) is 5.73 Å². The minimum Gasteiger partial charge on any atom is -0.382 e. The highest BCUT2D eigenvalue weighted by Crippen LogP contribution is 2.13. The van der Waals surface area contributed by atoms with Crippen LogP contribution in [0.25, 0.3) is 0 Å². The van der Waals surface area contributed by atoms with Gasteiger partial charge in [0.2, 0.25) is 15.9 Å². The molecule has 1 fully saturated rings. The fourth-order valence-corrected chi connectivity index (χ4v) is 2.71. The molecule has 1 saturated heterocycles. The van der Waals surface area contributed by atoms with E-state index in [1.807, 2.05) is 0 Å². The first-order valence-electron chi connectivity index (χ1n) is 3.88. The van der Waals surface area contributed by atoms with Gasteiger partial charge < -0.3 is 10.8 Å². The smallest absolute Gasteiger partial charge is 0.247 e. The molecule has 1 heterocycles. The van der Waals surface area contributed by atoms with Gasteiger partial charge in [-0.2, -0.15) is 4.31 Å². The Morgan fingerprint density at radius 3 is 2.62 bits per heavy atom. The normalized spacial score (nSPS) is 24.4. The standard InChI is InChI=1S/C6H12N2O4S/c7-6(10)5(9)4-8-2-1-3-13(8,11)12/h5,9H,1-4H2,(H2,7,10). The molecule has 0 aromatic heterocycles. The molecule has 0 aromatic rings. The van der Waals surface area contributed by atoms with E-state index in [1.54, 1.807) is 0 Å². The Morgan fingerprint density at radius 1 is 1.62 bits per heavy atom. The first kappa shape index (κ1) is 10.4. The number of hydrogen-bond acceptors (Lipinski definition) is 4. The molecule has 13 heavy (non-hydrogen) atoms. The second kappa shape index (κ2) is 3.60. The highest BCUT2D eigenvalue weighted by molar-refractivity contribution is 7.89. The molecule has 0 aromatic carbocycles. The lowest BCUT2D eigenvalue weighted by molar-refractivity contribution is -0.126. The van der Waals surface area contributed by atoms with Gasteiger partial charge in [-0.05, 0) is 6.42 Å². The quantitative estimate of drug-likeness (QED) is 0.553. The summed E-state index contributed by atoms with van der Waals surface area (Å²) in [4.78, 5) is 10.4. The summed E-state index contributed by atoms with van der Waals surface area (Å²) in [6, 6.07) is 0. The summed E-state index contributed by atoms with van der Waals surface area (Å²) in [6.45, 7) is 0.129. The lowest BCUT2D eigenvalue weighted by Crippen LogP contribution is -2.40. The summed E-state index contributed by atoms with van der Waals surface area (Å²) in [5.74, 6) is -0.819. The molecule has 0 radical (unpaired) electrons. The molecular formula is C6H12N2O4S. The van der Waals surface area contributed by atoms with Gasteiger partial charge in [-0.15, -0.1) is 0 Å². The summed E-state index contributed by atoms with van der Waals surface area (Å²) >= 11 is 0. The molecule has 1 amide bonds. The number of amides is 1. The van der Waals surface area contributed by atoms with Crippen LogP contribution in [-0.4, -0.2) is 48.7 Å². The Bertz CT molecular complexity index is 300. The Balaban J connectivity index is 2.60. The maximum absolute atomic E-state index is 11.2. The molecule has 7 heteroatoms.